The summed E-state index contributed by atoms with van der Waals surface area (Å²) in [6.45, 7) is 6.52. The van der Waals surface area contributed by atoms with Crippen LogP contribution >= 0.6 is 11.3 Å². The molecule has 3 aromatic rings. The lowest BCUT2D eigenvalue weighted by Gasteiger charge is -2.36. The van der Waals surface area contributed by atoms with E-state index in [2.05, 4.69) is 34.1 Å². The first-order valence-electron chi connectivity index (χ1n) is 10.1. The minimum Gasteiger partial charge on any atom is -0.340 e. The van der Waals surface area contributed by atoms with E-state index in [1.807, 2.05) is 34.5 Å². The number of benzene rings is 1. The number of carbonyl (C=O) groups excluding carboxylic acids is 1. The average Bonchev–Trinajstić information content (AvgIpc) is 3.17. The van der Waals surface area contributed by atoms with E-state index in [9.17, 15) is 4.79 Å². The summed E-state index contributed by atoms with van der Waals surface area (Å²) in [6, 6.07) is 12.3. The highest BCUT2D eigenvalue weighted by Gasteiger charge is 2.47. The lowest BCUT2D eigenvalue weighted by Crippen LogP contribution is -2.50. The maximum atomic E-state index is 12.5. The zero-order valence-electron chi connectivity index (χ0n) is 16.5. The fraction of sp³-hybridized carbons (Fsp3) is 0.409. The van der Waals surface area contributed by atoms with Crippen molar-refractivity contribution in [1.82, 2.24) is 19.9 Å². The lowest BCUT2D eigenvalue weighted by atomic mass is 10.1. The van der Waals surface area contributed by atoms with Crippen molar-refractivity contribution in [1.29, 1.82) is 0 Å². The second-order valence-corrected chi connectivity index (χ2v) is 9.17. The Morgan fingerprint density at radius 3 is 2.55 bits per heavy atom. The van der Waals surface area contributed by atoms with Crippen molar-refractivity contribution in [2.24, 2.45) is 5.41 Å². The van der Waals surface area contributed by atoms with Crippen LogP contribution in [0.1, 0.15) is 25.3 Å². The van der Waals surface area contributed by atoms with Crippen molar-refractivity contribution in [2.75, 3.05) is 26.2 Å². The predicted molar refractivity (Wildman–Crippen MR) is 112 cm³/mol. The normalized spacial score (nSPS) is 18.7. The maximum Gasteiger partial charge on any atom is 0.268 e. The Labute approximate surface area is 174 Å². The van der Waals surface area contributed by atoms with Crippen molar-refractivity contribution in [3.8, 4) is 22.2 Å². The van der Waals surface area contributed by atoms with Crippen molar-refractivity contribution >= 4 is 17.2 Å². The number of amides is 1. The van der Waals surface area contributed by atoms with Crippen molar-refractivity contribution in [3.05, 3.63) is 47.3 Å². The summed E-state index contributed by atoms with van der Waals surface area (Å²) in [7, 11) is 0. The van der Waals surface area contributed by atoms with Crippen LogP contribution in [0.2, 0.25) is 0 Å². The summed E-state index contributed by atoms with van der Waals surface area (Å²) in [5, 5.41) is 6.11. The first-order chi connectivity index (χ1) is 14.1. The number of piperazine rings is 1. The van der Waals surface area contributed by atoms with Gasteiger partial charge in [-0.05, 0) is 29.9 Å². The topological polar surface area (TPSA) is 62.5 Å². The van der Waals surface area contributed by atoms with E-state index in [0.29, 0.717) is 17.6 Å². The molecule has 2 aliphatic rings. The quantitative estimate of drug-likeness (QED) is 0.641. The van der Waals surface area contributed by atoms with Crippen LogP contribution in [0.3, 0.4) is 0 Å². The Morgan fingerprint density at radius 2 is 1.90 bits per heavy atom. The second-order valence-electron chi connectivity index (χ2n) is 8.23. The van der Waals surface area contributed by atoms with Gasteiger partial charge in [0.05, 0.1) is 4.88 Å². The van der Waals surface area contributed by atoms with Crippen LogP contribution in [0.5, 0.6) is 0 Å². The van der Waals surface area contributed by atoms with Gasteiger partial charge < -0.3 is 9.42 Å². The highest BCUT2D eigenvalue weighted by Crippen LogP contribution is 2.46. The smallest absolute Gasteiger partial charge is 0.268 e. The van der Waals surface area contributed by atoms with Crippen molar-refractivity contribution in [3.63, 3.8) is 0 Å². The molecular weight excluding hydrogens is 384 g/mol. The van der Waals surface area contributed by atoms with Gasteiger partial charge in [-0.1, -0.05) is 42.4 Å². The maximum absolute atomic E-state index is 12.5. The molecule has 150 valence electrons. The van der Waals surface area contributed by atoms with Crippen LogP contribution in [0.25, 0.3) is 22.2 Å². The number of thiophene rings is 1. The third-order valence-corrected chi connectivity index (χ3v) is 6.81. The highest BCUT2D eigenvalue weighted by molar-refractivity contribution is 7.13. The van der Waals surface area contributed by atoms with Crippen LogP contribution in [0.15, 0.2) is 46.3 Å². The largest absolute Gasteiger partial charge is 0.340 e. The molecule has 0 spiro atoms. The SMILES string of the molecule is CC1(C(=O)N2CCN(Cc3ccc(-c4noc(-c5cccs5)n4)cc3)CC2)CC1. The van der Waals surface area contributed by atoms with Gasteiger partial charge in [-0.15, -0.1) is 11.3 Å². The molecule has 0 radical (unpaired) electrons. The van der Waals surface area contributed by atoms with Gasteiger partial charge in [0, 0.05) is 43.7 Å². The molecule has 0 bridgehead atoms. The molecule has 2 aromatic heterocycles. The van der Waals surface area contributed by atoms with Gasteiger partial charge in [-0.2, -0.15) is 4.98 Å². The van der Waals surface area contributed by atoms with E-state index in [0.717, 1.165) is 56.0 Å². The molecule has 0 unspecified atom stereocenters. The van der Waals surface area contributed by atoms with Gasteiger partial charge in [0.1, 0.15) is 0 Å². The zero-order valence-corrected chi connectivity index (χ0v) is 17.3. The fourth-order valence-corrected chi connectivity index (χ4v) is 4.40. The molecule has 29 heavy (non-hydrogen) atoms. The van der Waals surface area contributed by atoms with E-state index in [-0.39, 0.29) is 5.41 Å². The fourth-order valence-electron chi connectivity index (χ4n) is 3.75. The van der Waals surface area contributed by atoms with Crippen molar-refractivity contribution < 1.29 is 9.32 Å². The van der Waals surface area contributed by atoms with Gasteiger partial charge in [-0.25, -0.2) is 0 Å². The lowest BCUT2D eigenvalue weighted by molar-refractivity contribution is -0.138. The summed E-state index contributed by atoms with van der Waals surface area (Å²) in [5.41, 5.74) is 2.15. The third-order valence-electron chi connectivity index (χ3n) is 5.95. The van der Waals surface area contributed by atoms with E-state index in [1.54, 1.807) is 11.3 Å². The molecule has 5 rings (SSSR count). The molecule has 2 fully saturated rings. The molecule has 1 aliphatic carbocycles. The molecule has 1 aromatic carbocycles. The molecule has 3 heterocycles. The summed E-state index contributed by atoms with van der Waals surface area (Å²) in [5.74, 6) is 1.52. The molecule has 7 heteroatoms. The second kappa shape index (κ2) is 7.39. The molecule has 1 saturated carbocycles. The minimum atomic E-state index is -0.0590. The van der Waals surface area contributed by atoms with E-state index < -0.39 is 0 Å². The average molecular weight is 409 g/mol. The van der Waals surface area contributed by atoms with Crippen LogP contribution < -0.4 is 0 Å². The molecule has 6 nitrogen and oxygen atoms in total. The Hall–Kier alpha value is -2.51. The molecule has 1 saturated heterocycles. The van der Waals surface area contributed by atoms with Crippen molar-refractivity contribution in [2.45, 2.75) is 26.3 Å². The molecular formula is C22H24N4O2S. The predicted octanol–water partition coefficient (Wildman–Crippen LogP) is 3.91. The monoisotopic (exact) mass is 408 g/mol. The summed E-state index contributed by atoms with van der Waals surface area (Å²) in [6.07, 6.45) is 2.10. The van der Waals surface area contributed by atoms with Gasteiger partial charge in [0.15, 0.2) is 0 Å². The number of aromatic nitrogens is 2. The highest BCUT2D eigenvalue weighted by atomic mass is 32.1. The molecule has 0 N–H and O–H groups in total. The van der Waals surface area contributed by atoms with E-state index in [1.165, 1.54) is 5.56 Å². The molecule has 1 aliphatic heterocycles. The van der Waals surface area contributed by atoms with Crippen LogP contribution in [-0.2, 0) is 11.3 Å². The van der Waals surface area contributed by atoms with Crippen LogP contribution in [-0.4, -0.2) is 52.0 Å². The van der Waals surface area contributed by atoms with Crippen LogP contribution in [0.4, 0.5) is 0 Å². The third kappa shape index (κ3) is 3.84. The van der Waals surface area contributed by atoms with E-state index in [4.69, 9.17) is 4.52 Å². The number of rotatable bonds is 5. The summed E-state index contributed by atoms with van der Waals surface area (Å²) < 4.78 is 5.38. The number of carbonyl (C=O) groups is 1. The van der Waals surface area contributed by atoms with Gasteiger partial charge in [-0.3, -0.25) is 9.69 Å². The standard InChI is InChI=1S/C22H24N4O2S/c1-22(8-9-22)21(27)26-12-10-25(11-13-26)15-16-4-6-17(7-5-16)19-23-20(28-24-19)18-3-2-14-29-18/h2-7,14H,8-13,15H2,1H3. The van der Waals surface area contributed by atoms with E-state index >= 15 is 0 Å². The van der Waals surface area contributed by atoms with Gasteiger partial charge in [0.2, 0.25) is 11.7 Å². The molecule has 1 amide bonds. The van der Waals surface area contributed by atoms with Crippen LogP contribution in [0, 0.1) is 5.41 Å². The number of hydrogen-bond donors (Lipinski definition) is 0. The Bertz CT molecular complexity index is 984. The molecule has 0 atom stereocenters. The summed E-state index contributed by atoms with van der Waals surface area (Å²) >= 11 is 1.59. The Balaban J connectivity index is 1.18. The summed E-state index contributed by atoms with van der Waals surface area (Å²) in [4.78, 5) is 22.4. The van der Waals surface area contributed by atoms with Gasteiger partial charge in [0.25, 0.3) is 5.89 Å². The Kier molecular flexibility index (Phi) is 4.72. The number of hydrogen-bond acceptors (Lipinski definition) is 6. The zero-order chi connectivity index (χ0) is 19.8. The minimum absolute atomic E-state index is 0.0590. The first-order valence-corrected chi connectivity index (χ1v) is 11.0. The van der Waals surface area contributed by atoms with Gasteiger partial charge >= 0.3 is 0 Å². The number of nitrogens with zero attached hydrogens (tertiary/aromatic N) is 4. The first kappa shape index (κ1) is 18.5. The Morgan fingerprint density at radius 1 is 1.14 bits per heavy atom.